The molecule has 0 heterocycles. The van der Waals surface area contributed by atoms with Gasteiger partial charge in [0.2, 0.25) is 11.8 Å². The molecule has 0 aliphatic heterocycles. The molecule has 0 aromatic heterocycles. The lowest BCUT2D eigenvalue weighted by molar-refractivity contribution is -0.147. The standard InChI is InChI=1S/C32H45N3O5/c1-7-12-22(3)33-29(37)28(24-17-18-27(36)21(2)19-24)35(25-15-11-16-25)30(38)26(20-23-13-9-8-10-14-23)34-31(39)40-32(4,5)6/h8-10,13-14,17-19,22,25-26,28,36H,7,11-12,15-16,20H2,1-6H3,(H,33,37)(H,34,39). The zero-order valence-corrected chi connectivity index (χ0v) is 24.7. The van der Waals surface area contributed by atoms with Crippen LogP contribution in [0.4, 0.5) is 4.79 Å². The summed E-state index contributed by atoms with van der Waals surface area (Å²) >= 11 is 0. The van der Waals surface area contributed by atoms with Crippen LogP contribution >= 0.6 is 0 Å². The van der Waals surface area contributed by atoms with E-state index in [1.807, 2.05) is 37.3 Å². The first kappa shape index (κ1) is 31.0. The van der Waals surface area contributed by atoms with Crippen molar-refractivity contribution in [2.75, 3.05) is 0 Å². The lowest BCUT2D eigenvalue weighted by Gasteiger charge is -2.44. The molecule has 0 spiro atoms. The number of nitrogens with one attached hydrogen (secondary N) is 2. The Labute approximate surface area is 238 Å². The summed E-state index contributed by atoms with van der Waals surface area (Å²) in [6.45, 7) is 11.1. The van der Waals surface area contributed by atoms with Crippen molar-refractivity contribution in [1.29, 1.82) is 0 Å². The first-order valence-corrected chi connectivity index (χ1v) is 14.3. The van der Waals surface area contributed by atoms with Gasteiger partial charge in [-0.05, 0) is 89.1 Å². The van der Waals surface area contributed by atoms with Gasteiger partial charge >= 0.3 is 6.09 Å². The van der Waals surface area contributed by atoms with Crippen molar-refractivity contribution in [3.05, 3.63) is 65.2 Å². The molecule has 3 unspecified atom stereocenters. The fourth-order valence-corrected chi connectivity index (χ4v) is 4.98. The van der Waals surface area contributed by atoms with Crippen LogP contribution in [-0.2, 0) is 20.7 Å². The SMILES string of the molecule is CCCC(C)NC(=O)C(c1ccc(O)c(C)c1)N(C(=O)C(Cc1ccccc1)NC(=O)OC(C)(C)C)C1CCC1. The Morgan fingerprint density at radius 1 is 1.07 bits per heavy atom. The maximum Gasteiger partial charge on any atom is 0.408 e. The molecule has 3 rings (SSSR count). The number of carbonyl (C=O) groups excluding carboxylic acids is 3. The summed E-state index contributed by atoms with van der Waals surface area (Å²) in [4.78, 5) is 43.0. The smallest absolute Gasteiger partial charge is 0.408 e. The molecule has 2 aromatic carbocycles. The van der Waals surface area contributed by atoms with Crippen molar-refractivity contribution in [1.82, 2.24) is 15.5 Å². The summed E-state index contributed by atoms with van der Waals surface area (Å²) in [6.07, 6.45) is 3.76. The zero-order valence-electron chi connectivity index (χ0n) is 24.7. The van der Waals surface area contributed by atoms with Crippen LogP contribution in [0.1, 0.15) is 89.5 Å². The Morgan fingerprint density at radius 2 is 1.75 bits per heavy atom. The van der Waals surface area contributed by atoms with Crippen LogP contribution in [0.25, 0.3) is 0 Å². The summed E-state index contributed by atoms with van der Waals surface area (Å²) in [7, 11) is 0. The van der Waals surface area contributed by atoms with Gasteiger partial charge in [-0.1, -0.05) is 49.7 Å². The lowest BCUT2D eigenvalue weighted by Crippen LogP contribution is -2.58. The number of rotatable bonds is 11. The molecule has 0 bridgehead atoms. The number of nitrogens with zero attached hydrogens (tertiary/aromatic N) is 1. The van der Waals surface area contributed by atoms with Gasteiger partial charge in [-0.2, -0.15) is 0 Å². The van der Waals surface area contributed by atoms with Crippen molar-refractivity contribution >= 4 is 17.9 Å². The number of ether oxygens (including phenoxy) is 1. The Bertz CT molecular complexity index is 1160. The molecule has 0 radical (unpaired) electrons. The van der Waals surface area contributed by atoms with Crippen molar-refractivity contribution in [3.8, 4) is 5.75 Å². The fourth-order valence-electron chi connectivity index (χ4n) is 4.98. The number of phenols is 1. The summed E-state index contributed by atoms with van der Waals surface area (Å²) in [5.74, 6) is -0.493. The van der Waals surface area contributed by atoms with Gasteiger partial charge in [0.05, 0.1) is 0 Å². The van der Waals surface area contributed by atoms with Crippen LogP contribution in [0.2, 0.25) is 0 Å². The Kier molecular flexibility index (Phi) is 10.6. The van der Waals surface area contributed by atoms with Gasteiger partial charge in [0.1, 0.15) is 23.4 Å². The van der Waals surface area contributed by atoms with E-state index >= 15 is 0 Å². The molecular weight excluding hydrogens is 506 g/mol. The Balaban J connectivity index is 2.05. The monoisotopic (exact) mass is 551 g/mol. The van der Waals surface area contributed by atoms with Crippen LogP contribution in [0.15, 0.2) is 48.5 Å². The number of benzene rings is 2. The van der Waals surface area contributed by atoms with Crippen molar-refractivity contribution in [2.45, 2.75) is 110 Å². The summed E-state index contributed by atoms with van der Waals surface area (Å²) in [6, 6.07) is 12.4. The third-order valence-electron chi connectivity index (χ3n) is 7.17. The maximum absolute atomic E-state index is 14.5. The molecule has 8 nitrogen and oxygen atoms in total. The zero-order chi connectivity index (χ0) is 29.4. The molecule has 40 heavy (non-hydrogen) atoms. The number of carbonyl (C=O) groups is 3. The molecule has 3 amide bonds. The molecule has 2 aromatic rings. The van der Waals surface area contributed by atoms with Crippen molar-refractivity contribution in [3.63, 3.8) is 0 Å². The topological polar surface area (TPSA) is 108 Å². The van der Waals surface area contributed by atoms with Crippen molar-refractivity contribution in [2.24, 2.45) is 0 Å². The molecule has 218 valence electrons. The van der Waals surface area contributed by atoms with E-state index in [0.29, 0.717) is 11.1 Å². The lowest BCUT2D eigenvalue weighted by atomic mass is 9.87. The number of amides is 3. The molecule has 8 heteroatoms. The van der Waals surface area contributed by atoms with Crippen LogP contribution in [0.3, 0.4) is 0 Å². The molecule has 0 saturated heterocycles. The highest BCUT2D eigenvalue weighted by Gasteiger charge is 2.42. The number of phenolic OH excluding ortho intramolecular Hbond substituents is 1. The molecule has 1 saturated carbocycles. The van der Waals surface area contributed by atoms with Crippen LogP contribution < -0.4 is 10.6 Å². The van der Waals surface area contributed by atoms with E-state index in [1.165, 1.54) is 0 Å². The summed E-state index contributed by atoms with van der Waals surface area (Å²) in [5.41, 5.74) is 1.38. The third kappa shape index (κ3) is 8.47. The highest BCUT2D eigenvalue weighted by Crippen LogP contribution is 2.35. The van der Waals surface area contributed by atoms with E-state index < -0.39 is 23.8 Å². The Hall–Kier alpha value is -3.55. The van der Waals surface area contributed by atoms with Crippen molar-refractivity contribution < 1.29 is 24.2 Å². The number of hydrogen-bond acceptors (Lipinski definition) is 5. The first-order chi connectivity index (χ1) is 18.9. The maximum atomic E-state index is 14.5. The largest absolute Gasteiger partial charge is 0.508 e. The second-order valence-corrected chi connectivity index (χ2v) is 11.9. The molecule has 1 aliphatic rings. The second kappa shape index (κ2) is 13.7. The molecular formula is C32H45N3O5. The fraction of sp³-hybridized carbons (Fsp3) is 0.531. The van der Waals surface area contributed by atoms with Gasteiger partial charge < -0.3 is 25.4 Å². The second-order valence-electron chi connectivity index (χ2n) is 11.9. The van der Waals surface area contributed by atoms with Crippen LogP contribution in [0, 0.1) is 6.92 Å². The summed E-state index contributed by atoms with van der Waals surface area (Å²) in [5, 5.41) is 16.1. The van der Waals surface area contributed by atoms with E-state index in [1.54, 1.807) is 50.8 Å². The minimum Gasteiger partial charge on any atom is -0.508 e. The van der Waals surface area contributed by atoms with E-state index in [2.05, 4.69) is 17.6 Å². The van der Waals surface area contributed by atoms with Gasteiger partial charge in [0.25, 0.3) is 0 Å². The highest BCUT2D eigenvalue weighted by molar-refractivity contribution is 5.92. The van der Waals surface area contributed by atoms with Gasteiger partial charge in [-0.15, -0.1) is 0 Å². The van der Waals surface area contributed by atoms with E-state index in [9.17, 15) is 19.5 Å². The van der Waals surface area contributed by atoms with Crippen LogP contribution in [-0.4, -0.2) is 51.6 Å². The van der Waals surface area contributed by atoms with Gasteiger partial charge in [-0.3, -0.25) is 9.59 Å². The number of aromatic hydroxyl groups is 1. The van der Waals surface area contributed by atoms with Gasteiger partial charge in [0.15, 0.2) is 0 Å². The summed E-state index contributed by atoms with van der Waals surface area (Å²) < 4.78 is 5.51. The van der Waals surface area contributed by atoms with E-state index in [0.717, 1.165) is 37.7 Å². The van der Waals surface area contributed by atoms with E-state index in [4.69, 9.17) is 4.74 Å². The minimum atomic E-state index is -0.945. The number of aryl methyl sites for hydroxylation is 1. The average molecular weight is 552 g/mol. The van der Waals surface area contributed by atoms with Crippen LogP contribution in [0.5, 0.6) is 5.75 Å². The number of hydrogen-bond donors (Lipinski definition) is 3. The quantitative estimate of drug-likeness (QED) is 0.339. The minimum absolute atomic E-state index is 0.0726. The molecule has 3 N–H and O–H groups in total. The normalized spacial score (nSPS) is 15.8. The first-order valence-electron chi connectivity index (χ1n) is 14.3. The predicted octanol–water partition coefficient (Wildman–Crippen LogP) is 5.56. The van der Waals surface area contributed by atoms with Gasteiger partial charge in [0, 0.05) is 18.5 Å². The van der Waals surface area contributed by atoms with Gasteiger partial charge in [-0.25, -0.2) is 4.79 Å². The molecule has 1 fully saturated rings. The number of alkyl carbamates (subject to hydrolysis) is 1. The molecule has 1 aliphatic carbocycles. The molecule has 3 atom stereocenters. The Morgan fingerprint density at radius 3 is 2.30 bits per heavy atom. The van der Waals surface area contributed by atoms with E-state index in [-0.39, 0.29) is 36.1 Å². The predicted molar refractivity (Wildman–Crippen MR) is 156 cm³/mol. The third-order valence-corrected chi connectivity index (χ3v) is 7.17. The average Bonchev–Trinajstić information content (AvgIpc) is 2.83. The highest BCUT2D eigenvalue weighted by atomic mass is 16.6.